The van der Waals surface area contributed by atoms with Crippen LogP contribution in [-0.2, 0) is 4.79 Å². The molecule has 4 nitrogen and oxygen atoms in total. The fourth-order valence-electron chi connectivity index (χ4n) is 3.03. The van der Waals surface area contributed by atoms with Crippen molar-refractivity contribution in [2.45, 2.75) is 51.7 Å². The van der Waals surface area contributed by atoms with Crippen LogP contribution in [0.15, 0.2) is 24.3 Å². The molecule has 2 N–H and O–H groups in total. The van der Waals surface area contributed by atoms with E-state index < -0.39 is 6.10 Å². The molecule has 1 amide bonds. The SMILES string of the molecule is COc1ccc(C(O)C(C)NC(=O)C2CCC(C)CC2)cc1. The molecule has 0 spiro atoms. The molecule has 1 aliphatic rings. The Bertz CT molecular complexity index is 478. The maximum Gasteiger partial charge on any atom is 0.223 e. The van der Waals surface area contributed by atoms with Crippen molar-refractivity contribution in [3.63, 3.8) is 0 Å². The second-order valence-electron chi connectivity index (χ2n) is 6.47. The quantitative estimate of drug-likeness (QED) is 0.879. The first-order chi connectivity index (χ1) is 10.5. The van der Waals surface area contributed by atoms with Crippen LogP contribution in [0, 0.1) is 11.8 Å². The number of carbonyl (C=O) groups is 1. The molecule has 4 heteroatoms. The number of carbonyl (C=O) groups excluding carboxylic acids is 1. The fraction of sp³-hybridized carbons (Fsp3) is 0.611. The lowest BCUT2D eigenvalue weighted by Crippen LogP contribution is -2.41. The molecule has 122 valence electrons. The Kier molecular flexibility index (Phi) is 5.83. The molecule has 1 saturated carbocycles. The monoisotopic (exact) mass is 305 g/mol. The zero-order chi connectivity index (χ0) is 16.1. The Hall–Kier alpha value is -1.55. The number of benzene rings is 1. The Morgan fingerprint density at radius 2 is 1.82 bits per heavy atom. The number of amides is 1. The summed E-state index contributed by atoms with van der Waals surface area (Å²) in [5.41, 5.74) is 0.783. The summed E-state index contributed by atoms with van der Waals surface area (Å²) in [6.07, 6.45) is 3.44. The van der Waals surface area contributed by atoms with Gasteiger partial charge in [0.15, 0.2) is 0 Å². The van der Waals surface area contributed by atoms with E-state index in [-0.39, 0.29) is 17.9 Å². The summed E-state index contributed by atoms with van der Waals surface area (Å²) in [5.74, 6) is 1.66. The fourth-order valence-corrected chi connectivity index (χ4v) is 3.03. The van der Waals surface area contributed by atoms with Gasteiger partial charge in [-0.15, -0.1) is 0 Å². The molecule has 0 saturated heterocycles. The van der Waals surface area contributed by atoms with Crippen LogP contribution in [0.1, 0.15) is 51.2 Å². The molecule has 1 aromatic rings. The minimum Gasteiger partial charge on any atom is -0.497 e. The van der Waals surface area contributed by atoms with Crippen LogP contribution >= 0.6 is 0 Å². The van der Waals surface area contributed by atoms with Gasteiger partial charge in [-0.1, -0.05) is 19.1 Å². The number of hydrogen-bond acceptors (Lipinski definition) is 3. The van der Waals surface area contributed by atoms with Crippen LogP contribution in [0.25, 0.3) is 0 Å². The number of ether oxygens (including phenoxy) is 1. The minimum atomic E-state index is -0.711. The first-order valence-corrected chi connectivity index (χ1v) is 8.13. The summed E-state index contributed by atoms with van der Waals surface area (Å²) in [7, 11) is 1.61. The van der Waals surface area contributed by atoms with Crippen LogP contribution < -0.4 is 10.1 Å². The predicted molar refractivity (Wildman–Crippen MR) is 86.7 cm³/mol. The first-order valence-electron chi connectivity index (χ1n) is 8.13. The van der Waals surface area contributed by atoms with E-state index in [2.05, 4.69) is 12.2 Å². The number of aliphatic hydroxyl groups is 1. The molecule has 2 unspecified atom stereocenters. The number of nitrogens with one attached hydrogen (secondary N) is 1. The molecule has 0 heterocycles. The predicted octanol–water partition coefficient (Wildman–Crippen LogP) is 3.06. The van der Waals surface area contributed by atoms with Gasteiger partial charge in [-0.25, -0.2) is 0 Å². The van der Waals surface area contributed by atoms with E-state index in [0.717, 1.165) is 42.9 Å². The molecule has 2 rings (SSSR count). The molecule has 22 heavy (non-hydrogen) atoms. The highest BCUT2D eigenvalue weighted by Gasteiger charge is 2.27. The molecule has 1 aliphatic carbocycles. The van der Waals surface area contributed by atoms with Crippen LogP contribution in [-0.4, -0.2) is 24.2 Å². The maximum atomic E-state index is 12.3. The van der Waals surface area contributed by atoms with E-state index in [1.165, 1.54) is 0 Å². The van der Waals surface area contributed by atoms with Crippen molar-refractivity contribution in [2.24, 2.45) is 11.8 Å². The average molecular weight is 305 g/mol. The lowest BCUT2D eigenvalue weighted by atomic mass is 9.82. The maximum absolute atomic E-state index is 12.3. The van der Waals surface area contributed by atoms with Crippen LogP contribution in [0.2, 0.25) is 0 Å². The normalized spacial score (nSPS) is 24.4. The van der Waals surface area contributed by atoms with E-state index in [0.29, 0.717) is 0 Å². The molecule has 0 bridgehead atoms. The van der Waals surface area contributed by atoms with Crippen molar-refractivity contribution in [1.82, 2.24) is 5.32 Å². The van der Waals surface area contributed by atoms with E-state index in [1.54, 1.807) is 7.11 Å². The van der Waals surface area contributed by atoms with Crippen molar-refractivity contribution in [2.75, 3.05) is 7.11 Å². The highest BCUT2D eigenvalue weighted by molar-refractivity contribution is 5.79. The van der Waals surface area contributed by atoms with Gasteiger partial charge in [-0.2, -0.15) is 0 Å². The van der Waals surface area contributed by atoms with Crippen molar-refractivity contribution < 1.29 is 14.6 Å². The van der Waals surface area contributed by atoms with Crippen LogP contribution in [0.5, 0.6) is 5.75 Å². The van der Waals surface area contributed by atoms with Gasteiger partial charge in [0.25, 0.3) is 0 Å². The first kappa shape index (κ1) is 16.8. The zero-order valence-corrected chi connectivity index (χ0v) is 13.7. The Morgan fingerprint density at radius 1 is 1.23 bits per heavy atom. The number of methoxy groups -OCH3 is 1. The molecule has 0 aliphatic heterocycles. The molecule has 1 aromatic carbocycles. The van der Waals surface area contributed by atoms with Gasteiger partial charge in [-0.05, 0) is 56.2 Å². The van der Waals surface area contributed by atoms with E-state index in [9.17, 15) is 9.90 Å². The smallest absolute Gasteiger partial charge is 0.223 e. The summed E-state index contributed by atoms with van der Waals surface area (Å²) in [6, 6.07) is 6.98. The van der Waals surface area contributed by atoms with Gasteiger partial charge >= 0.3 is 0 Å². The molecule has 0 aromatic heterocycles. The Labute approximate surface area is 132 Å². The largest absolute Gasteiger partial charge is 0.497 e. The molecule has 0 radical (unpaired) electrons. The van der Waals surface area contributed by atoms with Gasteiger partial charge in [-0.3, -0.25) is 4.79 Å². The highest BCUT2D eigenvalue weighted by atomic mass is 16.5. The third kappa shape index (κ3) is 4.23. The van der Waals surface area contributed by atoms with Gasteiger partial charge in [0.1, 0.15) is 5.75 Å². The summed E-state index contributed by atoms with van der Waals surface area (Å²) in [4.78, 5) is 12.3. The molecular formula is C18H27NO3. The van der Waals surface area contributed by atoms with E-state index >= 15 is 0 Å². The summed E-state index contributed by atoms with van der Waals surface area (Å²) in [5, 5.41) is 13.4. The lowest BCUT2D eigenvalue weighted by molar-refractivity contribution is -0.127. The highest BCUT2D eigenvalue weighted by Crippen LogP contribution is 2.29. The molecule has 2 atom stereocenters. The number of rotatable bonds is 5. The summed E-state index contributed by atoms with van der Waals surface area (Å²) in [6.45, 7) is 4.09. The average Bonchev–Trinajstić information content (AvgIpc) is 2.54. The number of hydrogen-bond donors (Lipinski definition) is 2. The Morgan fingerprint density at radius 3 is 2.36 bits per heavy atom. The molecule has 1 fully saturated rings. The third-order valence-electron chi connectivity index (χ3n) is 4.69. The van der Waals surface area contributed by atoms with Gasteiger partial charge in [0.2, 0.25) is 5.91 Å². The second kappa shape index (κ2) is 7.63. The lowest BCUT2D eigenvalue weighted by Gasteiger charge is -2.28. The minimum absolute atomic E-state index is 0.0759. The standard InChI is InChI=1S/C18H27NO3/c1-12-4-6-15(7-5-12)18(21)19-13(2)17(20)14-8-10-16(22-3)11-9-14/h8-13,15,17,20H,4-7H2,1-3H3,(H,19,21). The number of aliphatic hydroxyl groups excluding tert-OH is 1. The van der Waals surface area contributed by atoms with Gasteiger partial charge in [0, 0.05) is 5.92 Å². The van der Waals surface area contributed by atoms with Gasteiger partial charge in [0.05, 0.1) is 19.3 Å². The van der Waals surface area contributed by atoms with E-state index in [4.69, 9.17) is 4.74 Å². The van der Waals surface area contributed by atoms with Crippen molar-refractivity contribution in [1.29, 1.82) is 0 Å². The topological polar surface area (TPSA) is 58.6 Å². The zero-order valence-electron chi connectivity index (χ0n) is 13.7. The van der Waals surface area contributed by atoms with Crippen LogP contribution in [0.3, 0.4) is 0 Å². The van der Waals surface area contributed by atoms with Gasteiger partial charge < -0.3 is 15.2 Å². The van der Waals surface area contributed by atoms with Crippen molar-refractivity contribution in [3.05, 3.63) is 29.8 Å². The third-order valence-corrected chi connectivity index (χ3v) is 4.69. The molecular weight excluding hydrogens is 278 g/mol. The summed E-state index contributed by atoms with van der Waals surface area (Å²) < 4.78 is 5.11. The van der Waals surface area contributed by atoms with Crippen LogP contribution in [0.4, 0.5) is 0 Å². The Balaban J connectivity index is 1.89. The second-order valence-corrected chi connectivity index (χ2v) is 6.47. The van der Waals surface area contributed by atoms with E-state index in [1.807, 2.05) is 31.2 Å². The van der Waals surface area contributed by atoms with Crippen molar-refractivity contribution in [3.8, 4) is 5.75 Å². The van der Waals surface area contributed by atoms with Crippen molar-refractivity contribution >= 4 is 5.91 Å². The summed E-state index contributed by atoms with van der Waals surface area (Å²) >= 11 is 0.